The molecule has 16 heteroatoms. The van der Waals surface area contributed by atoms with Gasteiger partial charge in [-0.05, 0) is 17.7 Å². The predicted octanol–water partition coefficient (Wildman–Crippen LogP) is -2.10. The minimum Gasteiger partial charge on any atom is -0.504 e. The number of aliphatic hydroxyl groups is 7. The smallest absolute Gasteiger partial charge is 0.231 e. The number of fused-ring (bicyclic) bond motifs is 2. The monoisotopic (exact) mass is 622 g/mol. The standard InChI is InChI=1S/C28H30O16/c29-6-15-19(31)22(34)24(36)27(43-15)39-8-16-20(32)23(35)25(37)28(44-16)42-11-3-1-10(2-4-11)12-7-38-13-5-14-26(41-9-40-14)21(33)17(13)18(12)30/h1-5,7,15-16,19-20,22-25,27-29,31-37H,6,8-9H2/t15-,16-,19-,20-,22+,23+,24-,25-,27-,28-/m1/s1. The molecule has 10 atom stereocenters. The van der Waals surface area contributed by atoms with Crippen LogP contribution in [0.4, 0.5) is 0 Å². The molecule has 238 valence electrons. The Labute approximate surface area is 247 Å². The van der Waals surface area contributed by atoms with Crippen LogP contribution in [0.2, 0.25) is 0 Å². The molecular weight excluding hydrogens is 592 g/mol. The van der Waals surface area contributed by atoms with Gasteiger partial charge in [-0.15, -0.1) is 0 Å². The second kappa shape index (κ2) is 12.1. The summed E-state index contributed by atoms with van der Waals surface area (Å²) in [5, 5.41) is 81.2. The summed E-state index contributed by atoms with van der Waals surface area (Å²) in [6, 6.07) is 7.37. The van der Waals surface area contributed by atoms with Crippen molar-refractivity contribution in [1.29, 1.82) is 0 Å². The van der Waals surface area contributed by atoms with Gasteiger partial charge >= 0.3 is 0 Å². The van der Waals surface area contributed by atoms with Crippen LogP contribution in [0, 0.1) is 0 Å². The second-order valence-corrected chi connectivity index (χ2v) is 10.5. The minimum atomic E-state index is -1.73. The predicted molar refractivity (Wildman–Crippen MR) is 143 cm³/mol. The van der Waals surface area contributed by atoms with Gasteiger partial charge in [0.1, 0.15) is 71.8 Å². The summed E-state index contributed by atoms with van der Waals surface area (Å²) in [7, 11) is 0. The first-order valence-electron chi connectivity index (χ1n) is 13.5. The Balaban J connectivity index is 1.15. The maximum absolute atomic E-state index is 13.2. The SMILES string of the molecule is O=c1c(-c2ccc(O[C@@H]3O[C@H](CO[C@@H]4O[C@H](CO)[C@@H](O)[C@H](O)[C@H]4O)[C@@H](O)[C@H](O)[C@H]3O)cc2)coc2cc3c(c(O)c12)OCO3. The van der Waals surface area contributed by atoms with Crippen molar-refractivity contribution in [1.82, 2.24) is 0 Å². The van der Waals surface area contributed by atoms with Gasteiger partial charge in [0.25, 0.3) is 0 Å². The van der Waals surface area contributed by atoms with Crippen molar-refractivity contribution in [3.05, 3.63) is 46.8 Å². The van der Waals surface area contributed by atoms with Crippen molar-refractivity contribution >= 4 is 11.0 Å². The fourth-order valence-corrected chi connectivity index (χ4v) is 5.22. The maximum Gasteiger partial charge on any atom is 0.231 e. The van der Waals surface area contributed by atoms with Gasteiger partial charge in [-0.2, -0.15) is 0 Å². The Morgan fingerprint density at radius 2 is 1.48 bits per heavy atom. The highest BCUT2D eigenvalue weighted by molar-refractivity contribution is 5.91. The molecule has 2 saturated heterocycles. The van der Waals surface area contributed by atoms with Crippen LogP contribution < -0.4 is 19.6 Å². The van der Waals surface area contributed by atoms with Crippen LogP contribution in [0.25, 0.3) is 22.1 Å². The molecule has 0 aliphatic carbocycles. The molecule has 0 spiro atoms. The van der Waals surface area contributed by atoms with Crippen molar-refractivity contribution in [2.24, 2.45) is 0 Å². The Morgan fingerprint density at radius 1 is 0.818 bits per heavy atom. The lowest BCUT2D eigenvalue weighted by Gasteiger charge is -2.42. The van der Waals surface area contributed by atoms with Crippen LogP contribution >= 0.6 is 0 Å². The van der Waals surface area contributed by atoms with Gasteiger partial charge in [-0.1, -0.05) is 12.1 Å². The normalized spacial score (nSPS) is 33.4. The summed E-state index contributed by atoms with van der Waals surface area (Å²) in [6.07, 6.45) is -14.4. The molecule has 3 aliphatic rings. The van der Waals surface area contributed by atoms with E-state index in [0.29, 0.717) is 5.56 Å². The van der Waals surface area contributed by atoms with Crippen molar-refractivity contribution < 1.29 is 73.7 Å². The molecule has 2 aromatic carbocycles. The molecular formula is C28H30O16. The first-order chi connectivity index (χ1) is 21.1. The number of hydrogen-bond donors (Lipinski definition) is 8. The van der Waals surface area contributed by atoms with Gasteiger partial charge in [0, 0.05) is 6.07 Å². The van der Waals surface area contributed by atoms with E-state index in [2.05, 4.69) is 0 Å². The van der Waals surface area contributed by atoms with Crippen molar-refractivity contribution in [2.75, 3.05) is 20.0 Å². The van der Waals surface area contributed by atoms with Crippen molar-refractivity contribution in [3.8, 4) is 34.1 Å². The third kappa shape index (κ3) is 5.34. The van der Waals surface area contributed by atoms with Gasteiger partial charge in [0.05, 0.1) is 18.8 Å². The molecule has 3 aliphatic heterocycles. The number of phenols is 1. The van der Waals surface area contributed by atoms with E-state index in [1.54, 1.807) is 0 Å². The Morgan fingerprint density at radius 3 is 2.18 bits per heavy atom. The maximum atomic E-state index is 13.2. The number of phenolic OH excluding ortho intramolecular Hbond substituents is 1. The van der Waals surface area contributed by atoms with Gasteiger partial charge in [-0.3, -0.25) is 4.79 Å². The first kappa shape index (κ1) is 30.5. The molecule has 0 amide bonds. The van der Waals surface area contributed by atoms with Gasteiger partial charge in [0.2, 0.25) is 24.3 Å². The summed E-state index contributed by atoms with van der Waals surface area (Å²) in [5.74, 6) is 0.0342. The number of hydrogen-bond acceptors (Lipinski definition) is 16. The molecule has 6 rings (SSSR count). The first-order valence-corrected chi connectivity index (χ1v) is 13.5. The topological polar surface area (TPSA) is 247 Å². The number of ether oxygens (including phenoxy) is 6. The van der Waals surface area contributed by atoms with E-state index >= 15 is 0 Å². The number of rotatable bonds is 7. The zero-order valence-electron chi connectivity index (χ0n) is 22.7. The lowest BCUT2D eigenvalue weighted by Crippen LogP contribution is -2.62. The fourth-order valence-electron chi connectivity index (χ4n) is 5.22. The molecule has 2 fully saturated rings. The summed E-state index contributed by atoms with van der Waals surface area (Å²) >= 11 is 0. The molecule has 1 aromatic heterocycles. The highest BCUT2D eigenvalue weighted by Gasteiger charge is 2.48. The molecule has 16 nitrogen and oxygen atoms in total. The lowest BCUT2D eigenvalue weighted by atomic mass is 9.98. The molecule has 4 heterocycles. The van der Waals surface area contributed by atoms with Gasteiger partial charge < -0.3 is 73.7 Å². The Kier molecular flexibility index (Phi) is 8.38. The van der Waals surface area contributed by atoms with Crippen LogP contribution in [-0.2, 0) is 14.2 Å². The van der Waals surface area contributed by atoms with E-state index in [0.717, 1.165) is 0 Å². The number of aliphatic hydroxyl groups excluding tert-OH is 7. The average Bonchev–Trinajstić information content (AvgIpc) is 3.50. The quantitative estimate of drug-likeness (QED) is 0.141. The summed E-state index contributed by atoms with van der Waals surface area (Å²) in [6.45, 7) is -1.30. The summed E-state index contributed by atoms with van der Waals surface area (Å²) < 4.78 is 38.1. The van der Waals surface area contributed by atoms with E-state index in [4.69, 9.17) is 32.8 Å². The van der Waals surface area contributed by atoms with E-state index in [1.807, 2.05) is 0 Å². The van der Waals surface area contributed by atoms with E-state index in [1.165, 1.54) is 36.6 Å². The highest BCUT2D eigenvalue weighted by atomic mass is 16.7. The Bertz CT molecular complexity index is 1540. The van der Waals surface area contributed by atoms with E-state index in [9.17, 15) is 45.6 Å². The zero-order valence-corrected chi connectivity index (χ0v) is 22.7. The Hall–Kier alpha value is -3.55. The third-order valence-corrected chi connectivity index (χ3v) is 7.74. The summed E-state index contributed by atoms with van der Waals surface area (Å²) in [4.78, 5) is 13.2. The lowest BCUT2D eigenvalue weighted by molar-refractivity contribution is -0.323. The van der Waals surface area contributed by atoms with Crippen LogP contribution in [-0.4, -0.2) is 122 Å². The molecule has 3 aromatic rings. The number of benzene rings is 2. The molecule has 0 bridgehead atoms. The summed E-state index contributed by atoms with van der Waals surface area (Å²) in [5.41, 5.74) is 0.100. The van der Waals surface area contributed by atoms with Crippen LogP contribution in [0.15, 0.2) is 45.8 Å². The van der Waals surface area contributed by atoms with Crippen LogP contribution in [0.1, 0.15) is 0 Å². The van der Waals surface area contributed by atoms with Crippen LogP contribution in [0.3, 0.4) is 0 Å². The number of aromatic hydroxyl groups is 1. The molecule has 44 heavy (non-hydrogen) atoms. The molecule has 8 N–H and O–H groups in total. The highest BCUT2D eigenvalue weighted by Crippen LogP contribution is 2.44. The van der Waals surface area contributed by atoms with E-state index < -0.39 is 85.8 Å². The van der Waals surface area contributed by atoms with Crippen molar-refractivity contribution in [2.45, 2.75) is 61.4 Å². The van der Waals surface area contributed by atoms with Crippen LogP contribution in [0.5, 0.6) is 23.0 Å². The average molecular weight is 623 g/mol. The molecule has 0 unspecified atom stereocenters. The van der Waals surface area contributed by atoms with E-state index in [-0.39, 0.29) is 40.6 Å². The second-order valence-electron chi connectivity index (χ2n) is 10.5. The van der Waals surface area contributed by atoms with Gasteiger partial charge in [-0.25, -0.2) is 0 Å². The largest absolute Gasteiger partial charge is 0.504 e. The molecule has 0 saturated carbocycles. The fraction of sp³-hybridized carbons (Fsp3) is 0.464. The third-order valence-electron chi connectivity index (χ3n) is 7.74. The minimum absolute atomic E-state index is 0.0425. The molecule has 0 radical (unpaired) electrons. The van der Waals surface area contributed by atoms with Gasteiger partial charge in [0.15, 0.2) is 17.8 Å². The zero-order chi connectivity index (χ0) is 31.3. The van der Waals surface area contributed by atoms with Crippen molar-refractivity contribution in [3.63, 3.8) is 0 Å².